The number of benzene rings is 2. The first kappa shape index (κ1) is 19.4. The van der Waals surface area contributed by atoms with Crippen molar-refractivity contribution in [2.45, 2.75) is 38.8 Å². The molecular weight excluding hydrogens is 366 g/mol. The summed E-state index contributed by atoms with van der Waals surface area (Å²) in [6, 6.07) is 16.3. The number of amides is 1. The molecular formula is C20H23NO5S. The maximum absolute atomic E-state index is 13.0. The first-order valence-electron chi connectivity index (χ1n) is 8.62. The molecule has 1 heterocycles. The van der Waals surface area contributed by atoms with Gasteiger partial charge in [-0.1, -0.05) is 60.2 Å². The first-order chi connectivity index (χ1) is 12.6. The van der Waals surface area contributed by atoms with Gasteiger partial charge in [0, 0.05) is 0 Å². The molecule has 1 saturated heterocycles. The quantitative estimate of drug-likeness (QED) is 0.782. The van der Waals surface area contributed by atoms with Gasteiger partial charge in [-0.2, -0.15) is 12.7 Å². The number of rotatable bonds is 2. The van der Waals surface area contributed by atoms with E-state index in [9.17, 15) is 13.2 Å². The van der Waals surface area contributed by atoms with Gasteiger partial charge in [-0.15, -0.1) is 0 Å². The van der Waals surface area contributed by atoms with Crippen LogP contribution in [0.2, 0.25) is 0 Å². The van der Waals surface area contributed by atoms with Crippen molar-refractivity contribution in [1.29, 1.82) is 0 Å². The van der Waals surface area contributed by atoms with Crippen LogP contribution < -0.4 is 0 Å². The third-order valence-corrected chi connectivity index (χ3v) is 5.65. The van der Waals surface area contributed by atoms with Gasteiger partial charge in [0.1, 0.15) is 17.7 Å². The molecule has 1 atom stereocenters. The fourth-order valence-electron chi connectivity index (χ4n) is 3.12. The highest BCUT2D eigenvalue weighted by Crippen LogP contribution is 2.44. The monoisotopic (exact) mass is 389 g/mol. The van der Waals surface area contributed by atoms with Crippen molar-refractivity contribution < 1.29 is 22.1 Å². The molecule has 2 aromatic carbocycles. The van der Waals surface area contributed by atoms with Gasteiger partial charge in [-0.3, -0.25) is 4.18 Å². The van der Waals surface area contributed by atoms with E-state index in [1.807, 2.05) is 37.3 Å². The molecule has 1 aliphatic heterocycles. The van der Waals surface area contributed by atoms with Crippen LogP contribution in [0.5, 0.6) is 0 Å². The Balaban J connectivity index is 2.25. The first-order valence-corrected chi connectivity index (χ1v) is 9.98. The Morgan fingerprint density at radius 2 is 1.59 bits per heavy atom. The van der Waals surface area contributed by atoms with Crippen molar-refractivity contribution in [3.8, 4) is 0 Å². The highest BCUT2D eigenvalue weighted by Gasteiger charge is 2.57. The van der Waals surface area contributed by atoms with E-state index in [4.69, 9.17) is 8.92 Å². The molecule has 0 N–H and O–H groups in total. The van der Waals surface area contributed by atoms with E-state index in [1.165, 1.54) is 0 Å². The van der Waals surface area contributed by atoms with Crippen LogP contribution in [-0.2, 0) is 24.8 Å². The standard InChI is InChI=1S/C20H23NO5S/c1-15-10-12-17(13-11-15)20(16-8-6-5-7-9-16)14-25-27(23,24)21(20)18(22)26-19(2,3)4/h5-13H,14H2,1-4H3. The van der Waals surface area contributed by atoms with E-state index in [1.54, 1.807) is 45.0 Å². The molecule has 27 heavy (non-hydrogen) atoms. The van der Waals surface area contributed by atoms with Crippen molar-refractivity contribution in [2.24, 2.45) is 0 Å². The predicted molar refractivity (Wildman–Crippen MR) is 101 cm³/mol. The molecule has 0 radical (unpaired) electrons. The summed E-state index contributed by atoms with van der Waals surface area (Å²) in [7, 11) is -4.31. The Morgan fingerprint density at radius 1 is 1.04 bits per heavy atom. The molecule has 2 aromatic rings. The van der Waals surface area contributed by atoms with Crippen LogP contribution in [0.3, 0.4) is 0 Å². The van der Waals surface area contributed by atoms with Crippen molar-refractivity contribution in [1.82, 2.24) is 4.31 Å². The average Bonchev–Trinajstić information content (AvgIpc) is 2.87. The van der Waals surface area contributed by atoms with Gasteiger partial charge in [-0.25, -0.2) is 4.79 Å². The molecule has 144 valence electrons. The summed E-state index contributed by atoms with van der Waals surface area (Å²) < 4.78 is 36.7. The zero-order valence-electron chi connectivity index (χ0n) is 15.8. The Bertz CT molecular complexity index is 933. The number of nitrogens with zero attached hydrogens (tertiary/aromatic N) is 1. The number of carbonyl (C=O) groups is 1. The van der Waals surface area contributed by atoms with Crippen molar-refractivity contribution in [3.63, 3.8) is 0 Å². The lowest BCUT2D eigenvalue weighted by Gasteiger charge is -2.36. The highest BCUT2D eigenvalue weighted by molar-refractivity contribution is 7.85. The Labute approximate surface area is 160 Å². The highest BCUT2D eigenvalue weighted by atomic mass is 32.2. The Morgan fingerprint density at radius 3 is 2.15 bits per heavy atom. The molecule has 1 aliphatic rings. The van der Waals surface area contributed by atoms with Crippen LogP contribution in [0, 0.1) is 6.92 Å². The molecule has 0 saturated carbocycles. The zero-order chi connectivity index (χ0) is 19.9. The van der Waals surface area contributed by atoms with Crippen LogP contribution in [0.25, 0.3) is 0 Å². The third kappa shape index (κ3) is 3.57. The van der Waals surface area contributed by atoms with Crippen molar-refractivity contribution in [2.75, 3.05) is 6.61 Å². The normalized spacial score (nSPS) is 21.9. The molecule has 1 amide bonds. The summed E-state index contributed by atoms with van der Waals surface area (Å²) in [6.45, 7) is 6.77. The minimum Gasteiger partial charge on any atom is -0.443 e. The van der Waals surface area contributed by atoms with E-state index >= 15 is 0 Å². The topological polar surface area (TPSA) is 72.9 Å². The van der Waals surface area contributed by atoms with Crippen LogP contribution in [-0.4, -0.2) is 31.0 Å². The smallest absolute Gasteiger partial charge is 0.427 e. The van der Waals surface area contributed by atoms with E-state index < -0.39 is 27.5 Å². The number of aryl methyl sites for hydroxylation is 1. The van der Waals surface area contributed by atoms with Crippen LogP contribution in [0.4, 0.5) is 4.79 Å². The van der Waals surface area contributed by atoms with Crippen LogP contribution in [0.15, 0.2) is 54.6 Å². The van der Waals surface area contributed by atoms with Gasteiger partial charge in [0.2, 0.25) is 0 Å². The van der Waals surface area contributed by atoms with E-state index in [2.05, 4.69) is 0 Å². The maximum atomic E-state index is 13.0. The summed E-state index contributed by atoms with van der Waals surface area (Å²) in [5.41, 5.74) is 0.0840. The number of carbonyl (C=O) groups excluding carboxylic acids is 1. The van der Waals surface area contributed by atoms with E-state index in [0.717, 1.165) is 9.87 Å². The predicted octanol–water partition coefficient (Wildman–Crippen LogP) is 3.75. The van der Waals surface area contributed by atoms with Crippen LogP contribution >= 0.6 is 0 Å². The lowest BCUT2D eigenvalue weighted by atomic mass is 9.83. The number of hydrogen-bond acceptors (Lipinski definition) is 5. The zero-order valence-corrected chi connectivity index (χ0v) is 16.6. The molecule has 0 spiro atoms. The molecule has 1 unspecified atom stereocenters. The molecule has 6 nitrogen and oxygen atoms in total. The second kappa shape index (κ2) is 6.65. The number of ether oxygens (including phenoxy) is 1. The number of hydrogen-bond donors (Lipinski definition) is 0. The van der Waals surface area contributed by atoms with Gasteiger partial charge < -0.3 is 4.74 Å². The summed E-state index contributed by atoms with van der Waals surface area (Å²) >= 11 is 0. The fourth-order valence-corrected chi connectivity index (χ4v) is 4.41. The van der Waals surface area contributed by atoms with Crippen molar-refractivity contribution in [3.05, 3.63) is 71.3 Å². The third-order valence-electron chi connectivity index (χ3n) is 4.33. The molecule has 3 rings (SSSR count). The average molecular weight is 389 g/mol. The lowest BCUT2D eigenvalue weighted by molar-refractivity contribution is 0.0289. The summed E-state index contributed by atoms with van der Waals surface area (Å²) in [5.74, 6) is 0. The molecule has 0 bridgehead atoms. The second-order valence-electron chi connectivity index (χ2n) is 7.56. The Kier molecular flexibility index (Phi) is 4.78. The fraction of sp³-hybridized carbons (Fsp3) is 0.350. The van der Waals surface area contributed by atoms with Crippen molar-refractivity contribution >= 4 is 16.4 Å². The van der Waals surface area contributed by atoms with Gasteiger partial charge in [0.15, 0.2) is 0 Å². The Hall–Kier alpha value is -2.38. The summed E-state index contributed by atoms with van der Waals surface area (Å²) in [4.78, 5) is 13.0. The minimum absolute atomic E-state index is 0.221. The minimum atomic E-state index is -4.31. The molecule has 1 fully saturated rings. The largest absolute Gasteiger partial charge is 0.443 e. The van der Waals surface area contributed by atoms with Gasteiger partial charge in [0.25, 0.3) is 0 Å². The molecule has 0 aromatic heterocycles. The van der Waals surface area contributed by atoms with Crippen LogP contribution in [0.1, 0.15) is 37.5 Å². The SMILES string of the molecule is Cc1ccc(C2(c3ccccc3)COS(=O)(=O)N2C(=O)OC(C)(C)C)cc1. The summed E-state index contributed by atoms with van der Waals surface area (Å²) in [5, 5.41) is 0. The van der Waals surface area contributed by atoms with Gasteiger partial charge in [0.05, 0.1) is 0 Å². The van der Waals surface area contributed by atoms with E-state index in [0.29, 0.717) is 11.1 Å². The summed E-state index contributed by atoms with van der Waals surface area (Å²) in [6.07, 6.45) is -0.968. The molecule has 7 heteroatoms. The molecule has 0 aliphatic carbocycles. The van der Waals surface area contributed by atoms with Gasteiger partial charge in [-0.05, 0) is 38.8 Å². The second-order valence-corrected chi connectivity index (χ2v) is 9.01. The lowest BCUT2D eigenvalue weighted by Crippen LogP contribution is -2.50. The van der Waals surface area contributed by atoms with E-state index in [-0.39, 0.29) is 6.61 Å². The maximum Gasteiger partial charge on any atom is 0.427 e. The van der Waals surface area contributed by atoms with Gasteiger partial charge >= 0.3 is 16.4 Å².